The maximum absolute atomic E-state index is 2.60. The molecule has 110 valence electrons. The average molecular weight is 256 g/mol. The van der Waals surface area contributed by atoms with E-state index in [4.69, 9.17) is 0 Å². The highest BCUT2D eigenvalue weighted by atomic mass is 15.1. The fraction of sp³-hybridized carbons (Fsp3) is 1.00. The van der Waals surface area contributed by atoms with Crippen LogP contribution in [-0.4, -0.2) is 49.6 Å². The second-order valence-electron chi connectivity index (χ2n) is 5.24. The van der Waals surface area contributed by atoms with Gasteiger partial charge in [0.2, 0.25) is 0 Å². The maximum atomic E-state index is 2.60. The molecule has 18 heavy (non-hydrogen) atoms. The molecule has 0 N–H and O–H groups in total. The van der Waals surface area contributed by atoms with Gasteiger partial charge in [-0.2, -0.15) is 0 Å². The minimum Gasteiger partial charge on any atom is -0.306 e. The van der Waals surface area contributed by atoms with Crippen LogP contribution in [0.1, 0.15) is 60.3 Å². The van der Waals surface area contributed by atoms with Crippen LogP contribution in [0, 0.1) is 5.41 Å². The molecule has 2 nitrogen and oxygen atoms in total. The van der Waals surface area contributed by atoms with Crippen molar-refractivity contribution in [1.29, 1.82) is 0 Å². The second-order valence-corrected chi connectivity index (χ2v) is 5.24. The zero-order valence-corrected chi connectivity index (χ0v) is 13.8. The zero-order valence-electron chi connectivity index (χ0n) is 13.8. The first kappa shape index (κ1) is 17.9. The standard InChI is InChI=1S/C12H24N2.2C2H6/c1-3-14-10-6-12(7-11-14)4-8-13(2)9-5-12;2*1-2/h3-11H2,1-2H3;2*1-2H3. The summed E-state index contributed by atoms with van der Waals surface area (Å²) >= 11 is 0. The van der Waals surface area contributed by atoms with E-state index >= 15 is 0 Å². The van der Waals surface area contributed by atoms with Gasteiger partial charge in [0.05, 0.1) is 0 Å². The van der Waals surface area contributed by atoms with E-state index in [-0.39, 0.29) is 0 Å². The molecule has 2 aliphatic heterocycles. The van der Waals surface area contributed by atoms with Gasteiger partial charge in [0.15, 0.2) is 0 Å². The van der Waals surface area contributed by atoms with Crippen LogP contribution in [-0.2, 0) is 0 Å². The van der Waals surface area contributed by atoms with Crippen LogP contribution in [0.2, 0.25) is 0 Å². The molecule has 0 amide bonds. The normalized spacial score (nSPS) is 23.7. The van der Waals surface area contributed by atoms with E-state index in [1.807, 2.05) is 27.7 Å². The van der Waals surface area contributed by atoms with Crippen molar-refractivity contribution in [2.45, 2.75) is 60.3 Å². The van der Waals surface area contributed by atoms with Crippen molar-refractivity contribution in [2.24, 2.45) is 5.41 Å². The monoisotopic (exact) mass is 256 g/mol. The van der Waals surface area contributed by atoms with Crippen LogP contribution in [0.3, 0.4) is 0 Å². The molecule has 2 fully saturated rings. The number of rotatable bonds is 1. The lowest BCUT2D eigenvalue weighted by Gasteiger charge is -2.46. The molecule has 2 saturated heterocycles. The molecule has 0 bridgehead atoms. The fourth-order valence-electron chi connectivity index (χ4n) is 2.94. The van der Waals surface area contributed by atoms with E-state index in [1.54, 1.807) is 0 Å². The minimum absolute atomic E-state index is 0.734. The maximum Gasteiger partial charge on any atom is -0.00135 e. The molecule has 0 radical (unpaired) electrons. The van der Waals surface area contributed by atoms with Gasteiger partial charge >= 0.3 is 0 Å². The third kappa shape index (κ3) is 5.27. The van der Waals surface area contributed by atoms with Crippen LogP contribution in [0.25, 0.3) is 0 Å². The first-order valence-corrected chi connectivity index (χ1v) is 8.15. The summed E-state index contributed by atoms with van der Waals surface area (Å²) in [5.41, 5.74) is 0.734. The molecule has 0 atom stereocenters. The van der Waals surface area contributed by atoms with Crippen molar-refractivity contribution in [2.75, 3.05) is 39.8 Å². The lowest BCUT2D eigenvalue weighted by molar-refractivity contribution is 0.0448. The SMILES string of the molecule is CC.CC.CCN1CCC2(CCN(C)CC2)CC1. The molecular weight excluding hydrogens is 220 g/mol. The number of likely N-dealkylation sites (tertiary alicyclic amines) is 2. The fourth-order valence-corrected chi connectivity index (χ4v) is 2.94. The highest BCUT2D eigenvalue weighted by Gasteiger charge is 2.36. The number of piperidine rings is 2. The van der Waals surface area contributed by atoms with Crippen LogP contribution < -0.4 is 0 Å². The van der Waals surface area contributed by atoms with Gasteiger partial charge in [-0.25, -0.2) is 0 Å². The molecule has 2 heteroatoms. The Hall–Kier alpha value is -0.0800. The minimum atomic E-state index is 0.734. The summed E-state index contributed by atoms with van der Waals surface area (Å²) in [6.07, 6.45) is 5.80. The topological polar surface area (TPSA) is 6.48 Å². The Morgan fingerprint density at radius 1 is 0.778 bits per heavy atom. The molecule has 2 heterocycles. The average Bonchev–Trinajstić information content (AvgIpc) is 2.48. The number of nitrogens with zero attached hydrogens (tertiary/aromatic N) is 2. The molecule has 2 aliphatic rings. The summed E-state index contributed by atoms with van der Waals surface area (Å²) in [7, 11) is 2.26. The number of hydrogen-bond donors (Lipinski definition) is 0. The summed E-state index contributed by atoms with van der Waals surface area (Å²) in [5, 5.41) is 0. The van der Waals surface area contributed by atoms with E-state index in [1.165, 1.54) is 58.4 Å². The van der Waals surface area contributed by atoms with Gasteiger partial charge in [-0.3, -0.25) is 0 Å². The van der Waals surface area contributed by atoms with Crippen LogP contribution in [0.5, 0.6) is 0 Å². The van der Waals surface area contributed by atoms with Crippen molar-refractivity contribution in [1.82, 2.24) is 9.80 Å². The first-order chi connectivity index (χ1) is 8.74. The first-order valence-electron chi connectivity index (χ1n) is 8.15. The van der Waals surface area contributed by atoms with E-state index < -0.39 is 0 Å². The van der Waals surface area contributed by atoms with Crippen molar-refractivity contribution in [3.05, 3.63) is 0 Å². The highest BCUT2D eigenvalue weighted by Crippen LogP contribution is 2.40. The Balaban J connectivity index is 0.000000659. The molecule has 0 saturated carbocycles. The summed E-state index contributed by atoms with van der Waals surface area (Å²) in [4.78, 5) is 5.08. The van der Waals surface area contributed by atoms with E-state index in [2.05, 4.69) is 23.8 Å². The Morgan fingerprint density at radius 2 is 1.17 bits per heavy atom. The molecular formula is C16H36N2. The largest absolute Gasteiger partial charge is 0.306 e. The lowest BCUT2D eigenvalue weighted by Crippen LogP contribution is -2.45. The molecule has 0 aromatic heterocycles. The molecule has 0 aromatic carbocycles. The van der Waals surface area contributed by atoms with Crippen LogP contribution >= 0.6 is 0 Å². The lowest BCUT2D eigenvalue weighted by atomic mass is 9.71. The van der Waals surface area contributed by atoms with Gasteiger partial charge < -0.3 is 9.80 Å². The molecule has 0 aliphatic carbocycles. The molecule has 0 aromatic rings. The van der Waals surface area contributed by atoms with Crippen LogP contribution in [0.15, 0.2) is 0 Å². The highest BCUT2D eigenvalue weighted by molar-refractivity contribution is 4.89. The van der Waals surface area contributed by atoms with E-state index in [9.17, 15) is 0 Å². The quantitative estimate of drug-likeness (QED) is 0.703. The Bertz CT molecular complexity index is 174. The van der Waals surface area contributed by atoms with E-state index in [0.29, 0.717) is 0 Å². The third-order valence-electron chi connectivity index (χ3n) is 4.41. The van der Waals surface area contributed by atoms with Gasteiger partial charge in [0.25, 0.3) is 0 Å². The summed E-state index contributed by atoms with van der Waals surface area (Å²) < 4.78 is 0. The van der Waals surface area contributed by atoms with Gasteiger partial charge in [0.1, 0.15) is 0 Å². The van der Waals surface area contributed by atoms with E-state index in [0.717, 1.165) is 5.41 Å². The van der Waals surface area contributed by atoms with Crippen molar-refractivity contribution < 1.29 is 0 Å². The summed E-state index contributed by atoms with van der Waals surface area (Å²) in [6, 6.07) is 0. The third-order valence-corrected chi connectivity index (χ3v) is 4.41. The molecule has 2 rings (SSSR count). The summed E-state index contributed by atoms with van der Waals surface area (Å²) in [5.74, 6) is 0. The zero-order chi connectivity index (χ0) is 14.0. The molecule has 1 spiro atoms. The van der Waals surface area contributed by atoms with Gasteiger partial charge in [-0.05, 0) is 70.9 Å². The predicted octanol–water partition coefficient (Wildman–Crippen LogP) is 3.87. The number of hydrogen-bond acceptors (Lipinski definition) is 2. The smallest absolute Gasteiger partial charge is 0.00135 e. The van der Waals surface area contributed by atoms with Crippen molar-refractivity contribution in [3.63, 3.8) is 0 Å². The van der Waals surface area contributed by atoms with Crippen molar-refractivity contribution in [3.8, 4) is 0 Å². The Kier molecular flexibility index (Phi) is 9.76. The predicted molar refractivity (Wildman–Crippen MR) is 83.2 cm³/mol. The Morgan fingerprint density at radius 3 is 1.56 bits per heavy atom. The second kappa shape index (κ2) is 9.80. The van der Waals surface area contributed by atoms with Crippen molar-refractivity contribution >= 4 is 0 Å². The van der Waals surface area contributed by atoms with Gasteiger partial charge in [0, 0.05) is 0 Å². The molecule has 0 unspecified atom stereocenters. The van der Waals surface area contributed by atoms with Gasteiger partial charge in [-0.1, -0.05) is 34.6 Å². The van der Waals surface area contributed by atoms with Gasteiger partial charge in [-0.15, -0.1) is 0 Å². The Labute approximate surface area is 116 Å². The summed E-state index contributed by atoms with van der Waals surface area (Å²) in [6.45, 7) is 16.9. The van der Waals surface area contributed by atoms with Crippen LogP contribution in [0.4, 0.5) is 0 Å².